The fourth-order valence-corrected chi connectivity index (χ4v) is 2.41. The molecule has 7 nitrogen and oxygen atoms in total. The van der Waals surface area contributed by atoms with Gasteiger partial charge in [-0.05, 0) is 20.3 Å². The third-order valence-corrected chi connectivity index (χ3v) is 3.83. The van der Waals surface area contributed by atoms with Gasteiger partial charge < -0.3 is 5.21 Å². The van der Waals surface area contributed by atoms with Crippen LogP contribution in [0.2, 0.25) is 0 Å². The summed E-state index contributed by atoms with van der Waals surface area (Å²) in [6, 6.07) is 2.89. The number of amides is 1. The Hall–Kier alpha value is -2.70. The van der Waals surface area contributed by atoms with E-state index in [0.29, 0.717) is 10.3 Å². The zero-order valence-corrected chi connectivity index (χ0v) is 14.3. The Kier molecular flexibility index (Phi) is 6.06. The molecule has 0 bridgehead atoms. The predicted octanol–water partition coefficient (Wildman–Crippen LogP) is 2.09. The van der Waals surface area contributed by atoms with E-state index in [1.54, 1.807) is 6.21 Å². The molecule has 2 rings (SSSR count). The van der Waals surface area contributed by atoms with Crippen LogP contribution in [-0.4, -0.2) is 21.9 Å². The molecule has 2 aromatic heterocycles. The molecule has 7 heteroatoms. The molecule has 0 radical (unpaired) electrons. The standard InChI is InChI=1S/C17H23N5O2/c1-4-5-6-9-22-14(3)16(13(2)20-22)12-18-19-17(23)15-7-10-21(24)11-8-15/h7-8,10-12H,4-6,9H2,1-3H3,(H,19,23)/b18-12+. The predicted molar refractivity (Wildman–Crippen MR) is 91.7 cm³/mol. The van der Waals surface area contributed by atoms with Crippen molar-refractivity contribution in [2.24, 2.45) is 5.10 Å². The van der Waals surface area contributed by atoms with Crippen molar-refractivity contribution in [3.8, 4) is 0 Å². The van der Waals surface area contributed by atoms with Crippen molar-refractivity contribution < 1.29 is 9.52 Å². The van der Waals surface area contributed by atoms with E-state index in [1.807, 2.05) is 18.5 Å². The molecule has 0 spiro atoms. The number of aromatic nitrogens is 3. The maximum Gasteiger partial charge on any atom is 0.271 e. The maximum absolute atomic E-state index is 11.9. The van der Waals surface area contributed by atoms with Gasteiger partial charge in [-0.1, -0.05) is 19.8 Å². The van der Waals surface area contributed by atoms with Crippen LogP contribution in [0.15, 0.2) is 29.6 Å². The topological polar surface area (TPSA) is 86.2 Å². The fraction of sp³-hybridized carbons (Fsp3) is 0.412. The first-order valence-electron chi connectivity index (χ1n) is 8.09. The highest BCUT2D eigenvalue weighted by Crippen LogP contribution is 2.12. The van der Waals surface area contributed by atoms with Crippen LogP contribution in [0, 0.1) is 19.1 Å². The first-order valence-corrected chi connectivity index (χ1v) is 8.09. The Labute approximate surface area is 141 Å². The van der Waals surface area contributed by atoms with E-state index in [9.17, 15) is 10.0 Å². The molecule has 2 heterocycles. The van der Waals surface area contributed by atoms with Crippen LogP contribution in [0.3, 0.4) is 0 Å². The highest BCUT2D eigenvalue weighted by Gasteiger charge is 2.10. The van der Waals surface area contributed by atoms with Crippen LogP contribution >= 0.6 is 0 Å². The number of aryl methyl sites for hydroxylation is 2. The highest BCUT2D eigenvalue weighted by molar-refractivity contribution is 5.94. The third kappa shape index (κ3) is 4.41. The van der Waals surface area contributed by atoms with Crippen LogP contribution < -0.4 is 10.2 Å². The van der Waals surface area contributed by atoms with Crippen LogP contribution in [0.4, 0.5) is 0 Å². The lowest BCUT2D eigenvalue weighted by atomic mass is 10.2. The molecule has 0 unspecified atom stereocenters. The van der Waals surface area contributed by atoms with Gasteiger partial charge in [-0.25, -0.2) is 5.43 Å². The molecule has 0 aliphatic carbocycles. The van der Waals surface area contributed by atoms with E-state index in [4.69, 9.17) is 0 Å². The van der Waals surface area contributed by atoms with Crippen molar-refractivity contribution in [2.75, 3.05) is 0 Å². The molecule has 0 saturated heterocycles. The molecule has 1 amide bonds. The van der Waals surface area contributed by atoms with Crippen molar-refractivity contribution in [3.63, 3.8) is 0 Å². The molecule has 0 atom stereocenters. The smallest absolute Gasteiger partial charge is 0.271 e. The van der Waals surface area contributed by atoms with Crippen LogP contribution in [0.5, 0.6) is 0 Å². The SMILES string of the molecule is CCCCCn1nc(C)c(/C=N/NC(=O)c2cc[n+]([O-])cc2)c1C. The minimum absolute atomic E-state index is 0.363. The van der Waals surface area contributed by atoms with Crippen molar-refractivity contribution >= 4 is 12.1 Å². The van der Waals surface area contributed by atoms with Crippen molar-refractivity contribution in [1.29, 1.82) is 0 Å². The van der Waals surface area contributed by atoms with Gasteiger partial charge in [0, 0.05) is 29.9 Å². The van der Waals surface area contributed by atoms with E-state index in [-0.39, 0.29) is 5.91 Å². The number of carbonyl (C=O) groups is 1. The summed E-state index contributed by atoms with van der Waals surface area (Å²) in [7, 11) is 0. The van der Waals surface area contributed by atoms with E-state index in [2.05, 4.69) is 22.5 Å². The third-order valence-electron chi connectivity index (χ3n) is 3.83. The number of nitrogens with one attached hydrogen (secondary N) is 1. The minimum Gasteiger partial charge on any atom is -0.619 e. The van der Waals surface area contributed by atoms with Crippen LogP contribution in [-0.2, 0) is 6.54 Å². The molecule has 0 saturated carbocycles. The number of rotatable bonds is 7. The lowest BCUT2D eigenvalue weighted by molar-refractivity contribution is -0.605. The minimum atomic E-state index is -0.363. The Morgan fingerprint density at radius 2 is 2.08 bits per heavy atom. The molecule has 0 aliphatic heterocycles. The number of hydrogen-bond acceptors (Lipinski definition) is 4. The first kappa shape index (κ1) is 17.7. The number of carbonyl (C=O) groups excluding carboxylic acids is 1. The molecular formula is C17H23N5O2. The van der Waals surface area contributed by atoms with E-state index >= 15 is 0 Å². The summed E-state index contributed by atoms with van der Waals surface area (Å²) in [5, 5.41) is 19.5. The Morgan fingerprint density at radius 3 is 2.75 bits per heavy atom. The van der Waals surface area contributed by atoms with Gasteiger partial charge in [-0.15, -0.1) is 0 Å². The summed E-state index contributed by atoms with van der Waals surface area (Å²) < 4.78 is 2.61. The fourth-order valence-electron chi connectivity index (χ4n) is 2.41. The van der Waals surface area contributed by atoms with Gasteiger partial charge in [0.25, 0.3) is 5.91 Å². The normalized spacial score (nSPS) is 11.1. The molecule has 0 fully saturated rings. The quantitative estimate of drug-likeness (QED) is 0.277. The molecule has 24 heavy (non-hydrogen) atoms. The Bertz CT molecular complexity index is 719. The molecule has 128 valence electrons. The average Bonchev–Trinajstić information content (AvgIpc) is 2.83. The zero-order valence-electron chi connectivity index (χ0n) is 14.3. The lowest BCUT2D eigenvalue weighted by Gasteiger charge is -2.03. The summed E-state index contributed by atoms with van der Waals surface area (Å²) in [6.07, 6.45) is 7.60. The van der Waals surface area contributed by atoms with Gasteiger partial charge in [0.2, 0.25) is 0 Å². The first-order chi connectivity index (χ1) is 11.5. The van der Waals surface area contributed by atoms with E-state index in [1.165, 1.54) is 37.4 Å². The summed E-state index contributed by atoms with van der Waals surface area (Å²) in [6.45, 7) is 6.99. The number of hydrogen-bond donors (Lipinski definition) is 1. The number of pyridine rings is 1. The molecular weight excluding hydrogens is 306 g/mol. The van der Waals surface area contributed by atoms with Gasteiger partial charge in [0.15, 0.2) is 12.4 Å². The molecule has 0 aliphatic rings. The largest absolute Gasteiger partial charge is 0.619 e. The molecule has 2 aromatic rings. The number of nitrogens with zero attached hydrogens (tertiary/aromatic N) is 4. The molecule has 0 aromatic carbocycles. The second-order valence-electron chi connectivity index (χ2n) is 5.66. The maximum atomic E-state index is 11.9. The molecule has 1 N–H and O–H groups in total. The zero-order chi connectivity index (χ0) is 17.5. The second-order valence-corrected chi connectivity index (χ2v) is 5.66. The summed E-state index contributed by atoms with van der Waals surface area (Å²) in [5.41, 5.74) is 5.68. The van der Waals surface area contributed by atoms with Crippen LogP contribution in [0.25, 0.3) is 0 Å². The monoisotopic (exact) mass is 329 g/mol. The van der Waals surface area contributed by atoms with Crippen molar-refractivity contribution in [2.45, 2.75) is 46.6 Å². The van der Waals surface area contributed by atoms with Gasteiger partial charge in [0.1, 0.15) is 0 Å². The van der Waals surface area contributed by atoms with E-state index in [0.717, 1.165) is 29.9 Å². The van der Waals surface area contributed by atoms with Gasteiger partial charge in [-0.2, -0.15) is 14.9 Å². The summed E-state index contributed by atoms with van der Waals surface area (Å²) >= 11 is 0. The Morgan fingerprint density at radius 1 is 1.38 bits per heavy atom. The highest BCUT2D eigenvalue weighted by atomic mass is 16.5. The average molecular weight is 329 g/mol. The van der Waals surface area contributed by atoms with Gasteiger partial charge >= 0.3 is 0 Å². The van der Waals surface area contributed by atoms with Gasteiger partial charge in [-0.3, -0.25) is 9.48 Å². The van der Waals surface area contributed by atoms with E-state index < -0.39 is 0 Å². The lowest BCUT2D eigenvalue weighted by Crippen LogP contribution is -2.26. The van der Waals surface area contributed by atoms with Gasteiger partial charge in [0.05, 0.1) is 17.5 Å². The second kappa shape index (κ2) is 8.24. The summed E-state index contributed by atoms with van der Waals surface area (Å²) in [5.74, 6) is -0.363. The van der Waals surface area contributed by atoms with Crippen LogP contribution in [0.1, 0.15) is 53.5 Å². The van der Waals surface area contributed by atoms with Crippen molar-refractivity contribution in [3.05, 3.63) is 52.2 Å². The number of hydrazone groups is 1. The Balaban J connectivity index is 2.01. The summed E-state index contributed by atoms with van der Waals surface area (Å²) in [4.78, 5) is 11.9. The van der Waals surface area contributed by atoms with Crippen molar-refractivity contribution in [1.82, 2.24) is 15.2 Å². The number of unbranched alkanes of at least 4 members (excludes halogenated alkanes) is 2.